The van der Waals surface area contributed by atoms with Crippen LogP contribution in [0.25, 0.3) is 22.1 Å². The Labute approximate surface area is 179 Å². The molecule has 0 unspecified atom stereocenters. The fraction of sp³-hybridized carbons (Fsp3) is 0.286. The number of benzene rings is 2. The van der Waals surface area contributed by atoms with Crippen LogP contribution in [-0.4, -0.2) is 39.0 Å². The van der Waals surface area contributed by atoms with E-state index in [-0.39, 0.29) is 16.3 Å². The molecule has 7 nitrogen and oxygen atoms in total. The Balaban J connectivity index is 1.62. The summed E-state index contributed by atoms with van der Waals surface area (Å²) in [4.78, 5) is 11.6. The summed E-state index contributed by atoms with van der Waals surface area (Å²) in [6, 6.07) is 11.8. The van der Waals surface area contributed by atoms with Gasteiger partial charge in [0, 0.05) is 31.6 Å². The molecule has 2 aromatic carbocycles. The molecule has 1 N–H and O–H groups in total. The topological polar surface area (TPSA) is 88.8 Å². The number of hydrogen-bond acceptors (Lipinski definition) is 5. The average Bonchev–Trinajstić information content (AvgIpc) is 3.09. The molecule has 1 fully saturated rings. The molecule has 1 aliphatic rings. The standard InChI is InChI=1S/C21H21ClN2O5S/c1-21(2)11-24(12-21)30(26,27)16-6-4-13(5-7-16)14-8-15-10-18(29-20(25)23-3)28-19(15)17(22)9-14/h4-10H,11-12H2,1-3H3,(H,23,25). The molecule has 158 valence electrons. The second-order valence-corrected chi connectivity index (χ2v) is 10.4. The van der Waals surface area contributed by atoms with Gasteiger partial charge in [-0.1, -0.05) is 37.6 Å². The van der Waals surface area contributed by atoms with Crippen molar-refractivity contribution in [1.82, 2.24) is 9.62 Å². The largest absolute Gasteiger partial charge is 0.424 e. The molecular formula is C21H21ClN2O5S. The first-order chi connectivity index (χ1) is 14.1. The summed E-state index contributed by atoms with van der Waals surface area (Å²) in [6.07, 6.45) is -0.646. The lowest BCUT2D eigenvalue weighted by atomic mass is 9.87. The van der Waals surface area contributed by atoms with Crippen LogP contribution in [-0.2, 0) is 10.0 Å². The molecule has 0 spiro atoms. The maximum absolute atomic E-state index is 12.7. The maximum Gasteiger partial charge on any atom is 0.414 e. The minimum Gasteiger partial charge on any atom is -0.424 e. The molecule has 9 heteroatoms. The number of sulfonamides is 1. The molecule has 3 aromatic rings. The first-order valence-corrected chi connectivity index (χ1v) is 11.1. The van der Waals surface area contributed by atoms with Gasteiger partial charge in [0.2, 0.25) is 10.0 Å². The van der Waals surface area contributed by atoms with E-state index in [0.717, 1.165) is 11.1 Å². The van der Waals surface area contributed by atoms with Crippen LogP contribution in [0.2, 0.25) is 5.02 Å². The summed E-state index contributed by atoms with van der Waals surface area (Å²) < 4.78 is 37.5. The average molecular weight is 449 g/mol. The predicted molar refractivity (Wildman–Crippen MR) is 114 cm³/mol. The van der Waals surface area contributed by atoms with E-state index in [1.807, 2.05) is 19.9 Å². The fourth-order valence-electron chi connectivity index (χ4n) is 3.49. The Morgan fingerprint density at radius 3 is 2.40 bits per heavy atom. The van der Waals surface area contributed by atoms with Crippen molar-refractivity contribution < 1.29 is 22.4 Å². The summed E-state index contributed by atoms with van der Waals surface area (Å²) >= 11 is 6.34. The van der Waals surface area contributed by atoms with E-state index in [1.54, 1.807) is 36.4 Å². The van der Waals surface area contributed by atoms with E-state index in [0.29, 0.717) is 29.1 Å². The highest BCUT2D eigenvalue weighted by Crippen LogP contribution is 2.37. The van der Waals surface area contributed by atoms with Crippen LogP contribution in [0.3, 0.4) is 0 Å². The summed E-state index contributed by atoms with van der Waals surface area (Å²) in [6.45, 7) is 5.13. The molecule has 2 heterocycles. The molecule has 0 saturated carbocycles. The summed E-state index contributed by atoms with van der Waals surface area (Å²) in [5.41, 5.74) is 2.01. The third-order valence-electron chi connectivity index (χ3n) is 4.98. The van der Waals surface area contributed by atoms with Crippen molar-refractivity contribution in [3.05, 3.63) is 47.5 Å². The van der Waals surface area contributed by atoms with Gasteiger partial charge in [0.05, 0.1) is 9.92 Å². The van der Waals surface area contributed by atoms with Gasteiger partial charge < -0.3 is 14.5 Å². The van der Waals surface area contributed by atoms with Gasteiger partial charge >= 0.3 is 6.09 Å². The second kappa shape index (κ2) is 7.30. The highest BCUT2D eigenvalue weighted by atomic mass is 35.5. The molecule has 0 radical (unpaired) electrons. The van der Waals surface area contributed by atoms with Crippen molar-refractivity contribution in [2.24, 2.45) is 5.41 Å². The van der Waals surface area contributed by atoms with Crippen molar-refractivity contribution in [3.63, 3.8) is 0 Å². The Morgan fingerprint density at radius 2 is 1.80 bits per heavy atom. The zero-order valence-electron chi connectivity index (χ0n) is 16.7. The van der Waals surface area contributed by atoms with Crippen LogP contribution >= 0.6 is 11.6 Å². The first kappa shape index (κ1) is 20.7. The van der Waals surface area contributed by atoms with Crippen LogP contribution < -0.4 is 10.1 Å². The number of hydrogen-bond donors (Lipinski definition) is 1. The molecule has 1 saturated heterocycles. The Hall–Kier alpha value is -2.55. The normalized spacial score (nSPS) is 16.3. The second-order valence-electron chi connectivity index (χ2n) is 8.04. The van der Waals surface area contributed by atoms with E-state index >= 15 is 0 Å². The number of nitrogens with zero attached hydrogens (tertiary/aromatic N) is 1. The van der Waals surface area contributed by atoms with Crippen LogP contribution in [0.1, 0.15) is 13.8 Å². The Bertz CT molecular complexity index is 1220. The summed E-state index contributed by atoms with van der Waals surface area (Å²) in [5.74, 6) is 0.0299. The zero-order chi connectivity index (χ0) is 21.7. The molecular weight excluding hydrogens is 428 g/mol. The number of nitrogens with one attached hydrogen (secondary N) is 1. The number of rotatable bonds is 4. The van der Waals surface area contributed by atoms with Crippen molar-refractivity contribution in [3.8, 4) is 17.1 Å². The number of furan rings is 1. The molecule has 0 bridgehead atoms. The number of carbonyl (C=O) groups excluding carboxylic acids is 1. The first-order valence-electron chi connectivity index (χ1n) is 9.32. The lowest BCUT2D eigenvalue weighted by Crippen LogP contribution is -2.55. The number of carbonyl (C=O) groups is 1. The smallest absolute Gasteiger partial charge is 0.414 e. The third kappa shape index (κ3) is 3.78. The van der Waals surface area contributed by atoms with E-state index in [1.165, 1.54) is 11.4 Å². The van der Waals surface area contributed by atoms with Crippen molar-refractivity contribution >= 4 is 38.7 Å². The van der Waals surface area contributed by atoms with Crippen molar-refractivity contribution in [2.75, 3.05) is 20.1 Å². The van der Waals surface area contributed by atoms with Gasteiger partial charge in [0.25, 0.3) is 5.95 Å². The van der Waals surface area contributed by atoms with E-state index in [9.17, 15) is 13.2 Å². The van der Waals surface area contributed by atoms with Gasteiger partial charge in [-0.3, -0.25) is 0 Å². The zero-order valence-corrected chi connectivity index (χ0v) is 18.3. The predicted octanol–water partition coefficient (Wildman–Crippen LogP) is 4.50. The van der Waals surface area contributed by atoms with Gasteiger partial charge in [0.1, 0.15) is 0 Å². The highest BCUT2D eigenvalue weighted by molar-refractivity contribution is 7.89. The summed E-state index contributed by atoms with van der Waals surface area (Å²) in [5, 5.41) is 3.36. The number of amides is 1. The highest BCUT2D eigenvalue weighted by Gasteiger charge is 2.41. The lowest BCUT2D eigenvalue weighted by molar-refractivity contribution is 0.111. The number of halogens is 1. The van der Waals surface area contributed by atoms with Crippen molar-refractivity contribution in [2.45, 2.75) is 18.7 Å². The number of fused-ring (bicyclic) bond motifs is 1. The van der Waals surface area contributed by atoms with E-state index in [4.69, 9.17) is 20.8 Å². The molecule has 1 aromatic heterocycles. The fourth-order valence-corrected chi connectivity index (χ4v) is 5.58. The minimum absolute atomic E-state index is 0.0180. The molecule has 4 rings (SSSR count). The lowest BCUT2D eigenvalue weighted by Gasteiger charge is -2.44. The molecule has 1 amide bonds. The van der Waals surface area contributed by atoms with Crippen LogP contribution in [0, 0.1) is 5.41 Å². The Morgan fingerprint density at radius 1 is 1.13 bits per heavy atom. The summed E-state index contributed by atoms with van der Waals surface area (Å²) in [7, 11) is -2.04. The molecule has 30 heavy (non-hydrogen) atoms. The molecule has 0 aliphatic carbocycles. The third-order valence-corrected chi connectivity index (χ3v) is 7.07. The minimum atomic E-state index is -3.49. The van der Waals surface area contributed by atoms with Gasteiger partial charge in [-0.05, 0) is 40.8 Å². The van der Waals surface area contributed by atoms with Crippen molar-refractivity contribution in [1.29, 1.82) is 0 Å². The van der Waals surface area contributed by atoms with E-state index in [2.05, 4.69) is 5.32 Å². The van der Waals surface area contributed by atoms with Gasteiger partial charge in [0.15, 0.2) is 5.58 Å². The van der Waals surface area contributed by atoms with Crippen LogP contribution in [0.15, 0.2) is 51.8 Å². The van der Waals surface area contributed by atoms with Crippen LogP contribution in [0.4, 0.5) is 4.79 Å². The molecule has 0 atom stereocenters. The SMILES string of the molecule is CNC(=O)Oc1cc2cc(-c3ccc(S(=O)(=O)N4CC(C)(C)C4)cc3)cc(Cl)c2o1. The monoisotopic (exact) mass is 448 g/mol. The van der Waals surface area contributed by atoms with E-state index < -0.39 is 16.1 Å². The maximum atomic E-state index is 12.7. The van der Waals surface area contributed by atoms with Crippen LogP contribution in [0.5, 0.6) is 5.95 Å². The van der Waals surface area contributed by atoms with Gasteiger partial charge in [-0.25, -0.2) is 13.2 Å². The van der Waals surface area contributed by atoms with Gasteiger partial charge in [-0.2, -0.15) is 4.31 Å². The van der Waals surface area contributed by atoms with Gasteiger partial charge in [-0.15, -0.1) is 0 Å². The Kier molecular flexibility index (Phi) is 5.04. The molecule has 1 aliphatic heterocycles. The quantitative estimate of drug-likeness (QED) is 0.634. The number of ether oxygens (including phenoxy) is 1.